The molecule has 0 heterocycles. The fraction of sp³-hybridized carbons (Fsp3) is 0.667. The number of carboxylic acid groups (broad SMARTS) is 1. The Morgan fingerprint density at radius 2 is 2.00 bits per heavy atom. The second kappa shape index (κ2) is 8.74. The summed E-state index contributed by atoms with van der Waals surface area (Å²) in [6, 6.07) is -0.00620. The van der Waals surface area contributed by atoms with E-state index < -0.39 is 23.9 Å². The van der Waals surface area contributed by atoms with Crippen LogP contribution in [-0.2, 0) is 9.59 Å². The number of aliphatic carboxylic acids is 1. The van der Waals surface area contributed by atoms with Gasteiger partial charge in [-0.3, -0.25) is 4.79 Å². The topological polar surface area (TPSA) is 137 Å². The van der Waals surface area contributed by atoms with Crippen molar-refractivity contribution in [3.63, 3.8) is 0 Å². The van der Waals surface area contributed by atoms with Crippen molar-refractivity contribution < 1.29 is 19.5 Å². The van der Waals surface area contributed by atoms with E-state index in [0.717, 1.165) is 0 Å². The molecule has 0 aromatic carbocycles. The van der Waals surface area contributed by atoms with E-state index in [0.29, 0.717) is 0 Å². The van der Waals surface area contributed by atoms with Crippen LogP contribution in [0.4, 0.5) is 4.79 Å². The molecule has 8 heteroatoms. The van der Waals surface area contributed by atoms with Crippen LogP contribution >= 0.6 is 0 Å². The molecule has 3 amide bonds. The molecule has 0 bridgehead atoms. The number of rotatable bonds is 8. The first kappa shape index (κ1) is 17.7. The smallest absolute Gasteiger partial charge is 0.326 e. The maximum atomic E-state index is 12.0. The molecule has 20 heavy (non-hydrogen) atoms. The quantitative estimate of drug-likeness (QED) is 0.578. The van der Waals surface area contributed by atoms with E-state index in [1.807, 2.05) is 6.07 Å². The second-order valence-electron chi connectivity index (χ2n) is 4.54. The fourth-order valence-electron chi connectivity index (χ4n) is 1.54. The third-order valence-corrected chi connectivity index (χ3v) is 2.62. The molecule has 0 unspecified atom stereocenters. The SMILES string of the molecule is CC(C)N(CCC#N)C(=O)N[C@@H](CCC(N)=O)C(=O)O. The van der Waals surface area contributed by atoms with E-state index in [1.165, 1.54) is 4.90 Å². The van der Waals surface area contributed by atoms with Crippen LogP contribution in [0.25, 0.3) is 0 Å². The molecular formula is C12H20N4O4. The number of nitrogens with one attached hydrogen (secondary N) is 1. The lowest BCUT2D eigenvalue weighted by Crippen LogP contribution is -2.50. The maximum absolute atomic E-state index is 12.0. The van der Waals surface area contributed by atoms with Gasteiger partial charge in [0.1, 0.15) is 6.04 Å². The van der Waals surface area contributed by atoms with Gasteiger partial charge in [0.25, 0.3) is 0 Å². The number of hydrogen-bond acceptors (Lipinski definition) is 4. The summed E-state index contributed by atoms with van der Waals surface area (Å²) in [7, 11) is 0. The normalized spacial score (nSPS) is 11.5. The molecule has 0 spiro atoms. The van der Waals surface area contributed by atoms with Gasteiger partial charge in [-0.15, -0.1) is 0 Å². The van der Waals surface area contributed by atoms with E-state index in [9.17, 15) is 14.4 Å². The van der Waals surface area contributed by atoms with E-state index in [-0.39, 0.29) is 31.8 Å². The number of amides is 3. The number of urea groups is 1. The summed E-state index contributed by atoms with van der Waals surface area (Å²) in [5, 5.41) is 19.9. The number of hydrogen-bond donors (Lipinski definition) is 3. The predicted octanol–water partition coefficient (Wildman–Crippen LogP) is 0.0388. The van der Waals surface area contributed by atoms with Crippen molar-refractivity contribution in [3.8, 4) is 6.07 Å². The molecule has 0 aromatic rings. The molecule has 0 aliphatic rings. The summed E-state index contributed by atoms with van der Waals surface area (Å²) < 4.78 is 0. The molecule has 1 atom stereocenters. The first-order chi connectivity index (χ1) is 9.29. The van der Waals surface area contributed by atoms with E-state index in [2.05, 4.69) is 5.32 Å². The minimum atomic E-state index is -1.23. The highest BCUT2D eigenvalue weighted by atomic mass is 16.4. The molecule has 112 valence electrons. The van der Waals surface area contributed by atoms with Crippen LogP contribution in [0.5, 0.6) is 0 Å². The summed E-state index contributed by atoms with van der Waals surface area (Å²) in [4.78, 5) is 35.0. The molecule has 0 fully saturated rings. The van der Waals surface area contributed by atoms with Gasteiger partial charge >= 0.3 is 12.0 Å². The minimum Gasteiger partial charge on any atom is -0.480 e. The Hall–Kier alpha value is -2.30. The zero-order valence-electron chi connectivity index (χ0n) is 11.6. The Balaban J connectivity index is 4.66. The van der Waals surface area contributed by atoms with E-state index >= 15 is 0 Å². The molecule has 0 rings (SSSR count). The number of carbonyl (C=O) groups is 3. The highest BCUT2D eigenvalue weighted by Crippen LogP contribution is 2.04. The van der Waals surface area contributed by atoms with Gasteiger partial charge in [-0.25, -0.2) is 9.59 Å². The van der Waals surface area contributed by atoms with Crippen LogP contribution < -0.4 is 11.1 Å². The predicted molar refractivity (Wildman–Crippen MR) is 70.5 cm³/mol. The van der Waals surface area contributed by atoms with Crippen LogP contribution in [-0.4, -0.2) is 46.5 Å². The van der Waals surface area contributed by atoms with Crippen LogP contribution in [0.3, 0.4) is 0 Å². The molecule has 0 aliphatic heterocycles. The number of carboxylic acids is 1. The molecule has 0 saturated heterocycles. The average molecular weight is 284 g/mol. The summed E-state index contributed by atoms with van der Waals surface area (Å²) >= 11 is 0. The summed E-state index contributed by atoms with van der Waals surface area (Å²) in [6.45, 7) is 3.73. The Labute approximate surface area is 117 Å². The first-order valence-electron chi connectivity index (χ1n) is 6.24. The van der Waals surface area contributed by atoms with Gasteiger partial charge < -0.3 is 21.1 Å². The number of nitrogens with two attached hydrogens (primary N) is 1. The molecule has 0 aromatic heterocycles. The Kier molecular flexibility index (Phi) is 7.74. The van der Waals surface area contributed by atoms with Crippen LogP contribution in [0.15, 0.2) is 0 Å². The summed E-state index contributed by atoms with van der Waals surface area (Å²) in [5.74, 6) is -1.86. The van der Waals surface area contributed by atoms with Crippen molar-refractivity contribution in [3.05, 3.63) is 0 Å². The Morgan fingerprint density at radius 1 is 1.40 bits per heavy atom. The third-order valence-electron chi connectivity index (χ3n) is 2.62. The van der Waals surface area contributed by atoms with Crippen LogP contribution in [0.1, 0.15) is 33.1 Å². The van der Waals surface area contributed by atoms with Crippen molar-refractivity contribution in [1.82, 2.24) is 10.2 Å². The fourth-order valence-corrected chi connectivity index (χ4v) is 1.54. The van der Waals surface area contributed by atoms with Gasteiger partial charge in [0, 0.05) is 19.0 Å². The van der Waals surface area contributed by atoms with Crippen molar-refractivity contribution in [1.29, 1.82) is 5.26 Å². The molecule has 0 radical (unpaired) electrons. The van der Waals surface area contributed by atoms with Gasteiger partial charge in [-0.2, -0.15) is 5.26 Å². The zero-order chi connectivity index (χ0) is 15.7. The Morgan fingerprint density at radius 3 is 2.40 bits per heavy atom. The lowest BCUT2D eigenvalue weighted by molar-refractivity contribution is -0.139. The lowest BCUT2D eigenvalue weighted by Gasteiger charge is -2.27. The number of carbonyl (C=O) groups excluding carboxylic acids is 2. The summed E-state index contributed by atoms with van der Waals surface area (Å²) in [5.41, 5.74) is 4.95. The first-order valence-corrected chi connectivity index (χ1v) is 6.24. The number of primary amides is 1. The van der Waals surface area contributed by atoms with Gasteiger partial charge in [0.15, 0.2) is 0 Å². The van der Waals surface area contributed by atoms with Crippen molar-refractivity contribution in [2.75, 3.05) is 6.54 Å². The second-order valence-corrected chi connectivity index (χ2v) is 4.54. The van der Waals surface area contributed by atoms with Crippen LogP contribution in [0.2, 0.25) is 0 Å². The molecular weight excluding hydrogens is 264 g/mol. The number of nitriles is 1. The van der Waals surface area contributed by atoms with E-state index in [1.54, 1.807) is 13.8 Å². The highest BCUT2D eigenvalue weighted by Gasteiger charge is 2.24. The van der Waals surface area contributed by atoms with Gasteiger partial charge in [0.05, 0.1) is 12.5 Å². The van der Waals surface area contributed by atoms with Crippen molar-refractivity contribution >= 4 is 17.9 Å². The third kappa shape index (κ3) is 6.58. The average Bonchev–Trinajstić information content (AvgIpc) is 2.33. The molecule has 8 nitrogen and oxygen atoms in total. The molecule has 0 saturated carbocycles. The largest absolute Gasteiger partial charge is 0.480 e. The summed E-state index contributed by atoms with van der Waals surface area (Å²) in [6.07, 6.45) is -0.0393. The standard InChI is InChI=1S/C12H20N4O4/c1-8(2)16(7-3-6-13)12(20)15-9(11(18)19)4-5-10(14)17/h8-9H,3-5,7H2,1-2H3,(H2,14,17)(H,15,20)(H,18,19)/t9-/m0/s1. The molecule has 4 N–H and O–H groups in total. The maximum Gasteiger partial charge on any atom is 0.326 e. The van der Waals surface area contributed by atoms with E-state index in [4.69, 9.17) is 16.1 Å². The Bertz CT molecular complexity index is 403. The molecule has 0 aliphatic carbocycles. The monoisotopic (exact) mass is 284 g/mol. The van der Waals surface area contributed by atoms with Gasteiger partial charge in [0.2, 0.25) is 5.91 Å². The van der Waals surface area contributed by atoms with Gasteiger partial charge in [-0.05, 0) is 20.3 Å². The lowest BCUT2D eigenvalue weighted by atomic mass is 10.1. The minimum absolute atomic E-state index is 0.0689. The van der Waals surface area contributed by atoms with Crippen molar-refractivity contribution in [2.45, 2.75) is 45.2 Å². The number of nitrogens with zero attached hydrogens (tertiary/aromatic N) is 2. The highest BCUT2D eigenvalue weighted by molar-refractivity contribution is 5.83. The zero-order valence-corrected chi connectivity index (χ0v) is 11.6. The van der Waals surface area contributed by atoms with Crippen molar-refractivity contribution in [2.24, 2.45) is 5.73 Å². The van der Waals surface area contributed by atoms with Gasteiger partial charge in [-0.1, -0.05) is 0 Å². The van der Waals surface area contributed by atoms with Crippen LogP contribution in [0, 0.1) is 11.3 Å².